The smallest absolute Gasteiger partial charge is 0.414 e. The summed E-state index contributed by atoms with van der Waals surface area (Å²) in [5.41, 5.74) is 2.97. The Kier molecular flexibility index (Phi) is 5.72. The van der Waals surface area contributed by atoms with Crippen LogP contribution in [0.1, 0.15) is 25.8 Å². The Morgan fingerprint density at radius 3 is 2.54 bits per heavy atom. The van der Waals surface area contributed by atoms with Crippen molar-refractivity contribution in [3.63, 3.8) is 0 Å². The molecule has 1 aliphatic heterocycles. The first-order valence-electron chi connectivity index (χ1n) is 7.97. The number of hydrogen-bond donors (Lipinski definition) is 2. The third-order valence-corrected chi connectivity index (χ3v) is 6.44. The van der Waals surface area contributed by atoms with E-state index in [9.17, 15) is 18.0 Å². The Morgan fingerprint density at radius 1 is 1.42 bits per heavy atom. The summed E-state index contributed by atoms with van der Waals surface area (Å²) in [6, 6.07) is 7.20. The van der Waals surface area contributed by atoms with Crippen LogP contribution in [0.2, 0.25) is 0 Å². The maximum Gasteiger partial charge on any atom is 0.414 e. The zero-order chi connectivity index (χ0) is 19.5. The summed E-state index contributed by atoms with van der Waals surface area (Å²) in [5.74, 6) is -1.06. The first kappa shape index (κ1) is 19.9. The molecule has 8 nitrogen and oxygen atoms in total. The monoisotopic (exact) mass is 382 g/mol. The van der Waals surface area contributed by atoms with Crippen molar-refractivity contribution in [2.75, 3.05) is 17.7 Å². The first-order valence-corrected chi connectivity index (χ1v) is 9.86. The number of ether oxygens (including phenoxy) is 1. The predicted octanol–water partition coefficient (Wildman–Crippen LogP) is 1.74. The molecule has 0 aliphatic carbocycles. The lowest BCUT2D eigenvalue weighted by molar-refractivity contribution is -0.132. The fraction of sp³-hybridized carbons (Fsp3) is 0.412. The number of allylic oxidation sites excluding steroid dienone is 1. The standard InChI is InChI=1S/C17H22N2O6S/c1-4-5-12-6-8-13(9-7-12)19-11-14(25-16(19)21)10-17(2,15(20)18-22)26(3,23)24/h4-9,14,22H,10-11H2,1-3H3,(H,18,20). The second-order valence-electron chi connectivity index (χ2n) is 6.36. The van der Waals surface area contributed by atoms with Crippen molar-refractivity contribution in [1.82, 2.24) is 5.48 Å². The molecule has 1 aliphatic rings. The van der Waals surface area contributed by atoms with Crippen LogP contribution in [-0.4, -0.2) is 49.3 Å². The lowest BCUT2D eigenvalue weighted by Gasteiger charge is -2.26. The van der Waals surface area contributed by atoms with Gasteiger partial charge in [-0.15, -0.1) is 0 Å². The van der Waals surface area contributed by atoms with Gasteiger partial charge in [-0.3, -0.25) is 14.9 Å². The molecule has 1 heterocycles. The van der Waals surface area contributed by atoms with Crippen molar-refractivity contribution >= 4 is 33.6 Å². The molecule has 2 rings (SSSR count). The molecule has 0 bridgehead atoms. The molecular weight excluding hydrogens is 360 g/mol. The summed E-state index contributed by atoms with van der Waals surface area (Å²) >= 11 is 0. The second-order valence-corrected chi connectivity index (χ2v) is 8.80. The molecule has 1 aromatic carbocycles. The van der Waals surface area contributed by atoms with Gasteiger partial charge in [-0.05, 0) is 31.5 Å². The van der Waals surface area contributed by atoms with Gasteiger partial charge in [0.15, 0.2) is 14.6 Å². The summed E-state index contributed by atoms with van der Waals surface area (Å²) in [6.45, 7) is 3.19. The molecule has 2 N–H and O–H groups in total. The minimum Gasteiger partial charge on any atom is -0.444 e. The lowest BCUT2D eigenvalue weighted by Crippen LogP contribution is -2.51. The molecule has 0 spiro atoms. The maximum atomic E-state index is 12.2. The molecule has 26 heavy (non-hydrogen) atoms. The van der Waals surface area contributed by atoms with Crippen molar-refractivity contribution in [3.05, 3.63) is 35.9 Å². The Morgan fingerprint density at radius 2 is 2.04 bits per heavy atom. The number of nitrogens with zero attached hydrogens (tertiary/aromatic N) is 1. The SMILES string of the molecule is CC=Cc1ccc(N2CC(CC(C)(C(=O)NO)S(C)(=O)=O)OC2=O)cc1. The Bertz CT molecular complexity index is 818. The van der Waals surface area contributed by atoms with Gasteiger partial charge < -0.3 is 4.74 Å². The van der Waals surface area contributed by atoms with Gasteiger partial charge >= 0.3 is 6.09 Å². The number of hydroxylamine groups is 1. The topological polar surface area (TPSA) is 113 Å². The number of nitrogens with one attached hydrogen (secondary N) is 1. The van der Waals surface area contributed by atoms with Crippen molar-refractivity contribution in [2.45, 2.75) is 31.1 Å². The molecule has 2 unspecified atom stereocenters. The molecule has 0 saturated carbocycles. The molecule has 1 saturated heterocycles. The molecule has 0 radical (unpaired) electrons. The highest BCUT2D eigenvalue weighted by atomic mass is 32.2. The predicted molar refractivity (Wildman–Crippen MR) is 96.6 cm³/mol. The molecule has 9 heteroatoms. The Labute approximate surface area is 152 Å². The quantitative estimate of drug-likeness (QED) is 0.572. The van der Waals surface area contributed by atoms with Crippen molar-refractivity contribution in [3.8, 4) is 0 Å². The van der Waals surface area contributed by atoms with Crippen LogP contribution in [0.25, 0.3) is 6.08 Å². The molecule has 1 fully saturated rings. The van der Waals surface area contributed by atoms with E-state index < -0.39 is 32.7 Å². The fourth-order valence-corrected chi connectivity index (χ4v) is 3.63. The van der Waals surface area contributed by atoms with Crippen LogP contribution in [0.4, 0.5) is 10.5 Å². The zero-order valence-corrected chi connectivity index (χ0v) is 15.6. The van der Waals surface area contributed by atoms with Crippen LogP contribution in [0, 0.1) is 0 Å². The number of rotatable bonds is 6. The number of amides is 2. The van der Waals surface area contributed by atoms with Crippen LogP contribution in [-0.2, 0) is 19.4 Å². The van der Waals surface area contributed by atoms with E-state index in [2.05, 4.69) is 0 Å². The van der Waals surface area contributed by atoms with Gasteiger partial charge in [0.05, 0.1) is 6.54 Å². The average molecular weight is 382 g/mol. The fourth-order valence-electron chi connectivity index (χ4n) is 2.76. The van der Waals surface area contributed by atoms with E-state index in [1.165, 1.54) is 17.3 Å². The van der Waals surface area contributed by atoms with Gasteiger partial charge in [-0.1, -0.05) is 24.3 Å². The van der Waals surface area contributed by atoms with Crippen molar-refractivity contribution in [1.29, 1.82) is 0 Å². The zero-order valence-electron chi connectivity index (χ0n) is 14.8. The van der Waals surface area contributed by atoms with Gasteiger partial charge in [0.1, 0.15) is 6.10 Å². The average Bonchev–Trinajstić information content (AvgIpc) is 2.94. The lowest BCUT2D eigenvalue weighted by atomic mass is 10.0. The van der Waals surface area contributed by atoms with Crippen LogP contribution in [0.5, 0.6) is 0 Å². The normalized spacial score (nSPS) is 20.1. The Hall–Kier alpha value is -2.39. The van der Waals surface area contributed by atoms with E-state index in [1.807, 2.05) is 31.2 Å². The first-order chi connectivity index (χ1) is 12.1. The number of anilines is 1. The molecule has 0 aromatic heterocycles. The van der Waals surface area contributed by atoms with E-state index in [0.29, 0.717) is 5.69 Å². The summed E-state index contributed by atoms with van der Waals surface area (Å²) < 4.78 is 27.4. The van der Waals surface area contributed by atoms with E-state index in [0.717, 1.165) is 11.8 Å². The van der Waals surface area contributed by atoms with Gasteiger partial charge in [0.2, 0.25) is 0 Å². The van der Waals surface area contributed by atoms with Crippen molar-refractivity contribution in [2.24, 2.45) is 0 Å². The highest BCUT2D eigenvalue weighted by Gasteiger charge is 2.48. The molecule has 142 valence electrons. The Balaban J connectivity index is 2.19. The maximum absolute atomic E-state index is 12.2. The van der Waals surface area contributed by atoms with Crippen LogP contribution in [0.15, 0.2) is 30.3 Å². The summed E-state index contributed by atoms with van der Waals surface area (Å²) in [6.07, 6.45) is 3.02. The van der Waals surface area contributed by atoms with E-state index in [-0.39, 0.29) is 13.0 Å². The molecular formula is C17H22N2O6S. The van der Waals surface area contributed by atoms with Crippen LogP contribution in [0.3, 0.4) is 0 Å². The van der Waals surface area contributed by atoms with E-state index in [4.69, 9.17) is 9.94 Å². The third kappa shape index (κ3) is 3.88. The number of carbonyl (C=O) groups is 2. The number of carbonyl (C=O) groups excluding carboxylic acids is 2. The summed E-state index contributed by atoms with van der Waals surface area (Å²) in [4.78, 5) is 25.4. The van der Waals surface area contributed by atoms with E-state index >= 15 is 0 Å². The summed E-state index contributed by atoms with van der Waals surface area (Å²) in [5, 5.41) is 8.87. The minimum atomic E-state index is -3.86. The van der Waals surface area contributed by atoms with E-state index in [1.54, 1.807) is 12.1 Å². The van der Waals surface area contributed by atoms with Crippen LogP contribution >= 0.6 is 0 Å². The molecule has 1 aromatic rings. The van der Waals surface area contributed by atoms with Gasteiger partial charge in [0.25, 0.3) is 5.91 Å². The van der Waals surface area contributed by atoms with Gasteiger partial charge in [-0.25, -0.2) is 18.7 Å². The minimum absolute atomic E-state index is 0.103. The van der Waals surface area contributed by atoms with Crippen molar-refractivity contribution < 1.29 is 28.0 Å². The highest BCUT2D eigenvalue weighted by molar-refractivity contribution is 7.92. The molecule has 2 atom stereocenters. The number of benzene rings is 1. The second kappa shape index (κ2) is 7.46. The number of hydrogen-bond acceptors (Lipinski definition) is 6. The summed E-state index contributed by atoms with van der Waals surface area (Å²) in [7, 11) is -3.86. The third-order valence-electron chi connectivity index (χ3n) is 4.46. The number of cyclic esters (lactones) is 1. The molecule has 2 amide bonds. The van der Waals surface area contributed by atoms with Gasteiger partial charge in [0, 0.05) is 18.4 Å². The van der Waals surface area contributed by atoms with Crippen LogP contribution < -0.4 is 10.4 Å². The number of sulfone groups is 1. The largest absolute Gasteiger partial charge is 0.444 e. The highest BCUT2D eigenvalue weighted by Crippen LogP contribution is 2.30. The van der Waals surface area contributed by atoms with Gasteiger partial charge in [-0.2, -0.15) is 0 Å².